The van der Waals surface area contributed by atoms with Gasteiger partial charge in [-0.05, 0) is 69.0 Å². The minimum atomic E-state index is -4.55. The van der Waals surface area contributed by atoms with Gasteiger partial charge < -0.3 is 25.1 Å². The van der Waals surface area contributed by atoms with Crippen molar-refractivity contribution in [3.8, 4) is 5.75 Å². The van der Waals surface area contributed by atoms with Gasteiger partial charge in [-0.2, -0.15) is 13.2 Å². The van der Waals surface area contributed by atoms with Crippen molar-refractivity contribution in [3.63, 3.8) is 0 Å². The Kier molecular flexibility index (Phi) is 13.8. The molecule has 1 heterocycles. The Morgan fingerprint density at radius 1 is 1.11 bits per heavy atom. The molecule has 36 heavy (non-hydrogen) atoms. The van der Waals surface area contributed by atoms with E-state index in [9.17, 15) is 13.2 Å². The molecule has 0 aromatic heterocycles. The van der Waals surface area contributed by atoms with E-state index in [1.807, 2.05) is 24.3 Å². The summed E-state index contributed by atoms with van der Waals surface area (Å²) in [5.41, 5.74) is 7.81. The summed E-state index contributed by atoms with van der Waals surface area (Å²) < 4.78 is 58.3. The summed E-state index contributed by atoms with van der Waals surface area (Å²) in [6, 6.07) is 11.7. The molecule has 3 rings (SSSR count). The third-order valence-corrected chi connectivity index (χ3v) is 5.57. The van der Waals surface area contributed by atoms with Crippen LogP contribution in [0.25, 0.3) is 11.8 Å². The van der Waals surface area contributed by atoms with Crippen LogP contribution in [0.4, 0.5) is 13.2 Å². The third-order valence-electron chi connectivity index (χ3n) is 5.04. The number of benzene rings is 2. The molecule has 0 unspecified atom stereocenters. The maximum absolute atomic E-state index is 13.6. The largest absolute Gasteiger partial charge is 0.665 e. The number of ether oxygens (including phenoxy) is 3. The molecule has 1 aliphatic heterocycles. The van der Waals surface area contributed by atoms with Crippen LogP contribution in [0.15, 0.2) is 53.0 Å². The van der Waals surface area contributed by atoms with Crippen molar-refractivity contribution >= 4 is 22.0 Å². The summed E-state index contributed by atoms with van der Waals surface area (Å²) in [7, 11) is 0. The van der Waals surface area contributed by atoms with Gasteiger partial charge in [0.25, 0.3) is 0 Å². The van der Waals surface area contributed by atoms with Gasteiger partial charge in [-0.3, -0.25) is 0 Å². The first-order valence-corrected chi connectivity index (χ1v) is 12.1. The number of hydrogen-bond acceptors (Lipinski definition) is 4. The van der Waals surface area contributed by atoms with E-state index in [-0.39, 0.29) is 64.9 Å². The van der Waals surface area contributed by atoms with Gasteiger partial charge in [0, 0.05) is 57.0 Å². The molecule has 2 N–H and O–H groups in total. The maximum atomic E-state index is 13.6. The minimum Gasteiger partial charge on any atom is -0.665 e. The normalized spacial score (nSPS) is 16.6. The van der Waals surface area contributed by atoms with Gasteiger partial charge in [0.2, 0.25) is 0 Å². The smallest absolute Gasteiger partial charge is 0.419 e. The Labute approximate surface area is 244 Å². The number of nitrogens with one attached hydrogen (secondary N) is 1. The zero-order chi connectivity index (χ0) is 26.1. The molecule has 1 radical (unpaired) electrons. The molecule has 1 fully saturated rings. The topological polar surface area (TPSA) is 71.7 Å². The molecule has 1 saturated heterocycles. The van der Waals surface area contributed by atoms with Gasteiger partial charge in [-0.1, -0.05) is 51.8 Å². The first kappa shape index (κ1) is 33.2. The van der Waals surface area contributed by atoms with Gasteiger partial charge >= 0.3 is 6.18 Å². The van der Waals surface area contributed by atoms with Crippen LogP contribution in [0, 0.1) is 0 Å². The third kappa shape index (κ3) is 11.3. The fraction of sp³-hybridized carbons (Fsp3) is 0.462. The summed E-state index contributed by atoms with van der Waals surface area (Å²) in [5.74, 6) is -0.963. The quantitative estimate of drug-likeness (QED) is 0.327. The summed E-state index contributed by atoms with van der Waals surface area (Å²) in [4.78, 5) is 0. The molecule has 2 aromatic carbocycles. The van der Waals surface area contributed by atoms with Gasteiger partial charge in [0.1, 0.15) is 5.75 Å². The van der Waals surface area contributed by atoms with Crippen molar-refractivity contribution in [1.29, 1.82) is 0 Å². The number of alkyl halides is 3. The Morgan fingerprint density at radius 2 is 1.69 bits per heavy atom. The zero-order valence-corrected chi connectivity index (χ0v) is 25.1. The second-order valence-corrected chi connectivity index (χ2v) is 9.53. The Bertz CT molecular complexity index is 959. The molecule has 0 saturated carbocycles. The van der Waals surface area contributed by atoms with E-state index < -0.39 is 23.1 Å². The number of aryl methyl sites for hydroxylation is 1. The van der Waals surface area contributed by atoms with E-state index in [1.165, 1.54) is 18.2 Å². The van der Waals surface area contributed by atoms with E-state index >= 15 is 0 Å². The van der Waals surface area contributed by atoms with Crippen LogP contribution >= 0.6 is 15.9 Å². The molecule has 0 spiro atoms. The fourth-order valence-corrected chi connectivity index (χ4v) is 3.41. The Balaban J connectivity index is 0.00000154. The SMILES string of the molecule is CC1(C)OCC([NH-])(C=Cc2ccc(OCCCc3ccc(Br)cc3)c(C(F)(F)F)c2)CO1.CCO.[Y]. The predicted molar refractivity (Wildman–Crippen MR) is 134 cm³/mol. The molecule has 0 amide bonds. The van der Waals surface area contributed by atoms with E-state index in [0.29, 0.717) is 18.4 Å². The fourth-order valence-electron chi connectivity index (χ4n) is 3.15. The predicted octanol–water partition coefficient (Wildman–Crippen LogP) is 7.06. The van der Waals surface area contributed by atoms with Crippen LogP contribution in [-0.2, 0) is 54.8 Å². The summed E-state index contributed by atoms with van der Waals surface area (Å²) in [6.45, 7) is 5.81. The minimum absolute atomic E-state index is 0. The van der Waals surface area contributed by atoms with Gasteiger partial charge in [-0.15, -0.1) is 0 Å². The van der Waals surface area contributed by atoms with E-state index in [4.69, 9.17) is 25.1 Å². The van der Waals surface area contributed by atoms with Crippen LogP contribution < -0.4 is 4.74 Å². The van der Waals surface area contributed by atoms with Crippen molar-refractivity contribution < 1.29 is 65.2 Å². The standard InChI is InChI=1S/C24H26BrF3NO3.C2H6O.Y/c1-22(2)31-15-23(29,16-32-22)12-11-18-7-10-21(20(14-18)24(26,27)28)30-13-3-4-17-5-8-19(25)9-6-17;1-2-3;/h5-12,14,29H,3-4,13,15-16H2,1-2H3;3H,2H2,1H3;/q-1;;. The van der Waals surface area contributed by atoms with Crippen molar-refractivity contribution in [1.82, 2.24) is 0 Å². The molecule has 5 nitrogen and oxygen atoms in total. The number of aliphatic hydroxyl groups excluding tert-OH is 1. The molecule has 0 bridgehead atoms. The summed E-state index contributed by atoms with van der Waals surface area (Å²) in [5, 5.41) is 7.57. The molecule has 197 valence electrons. The second-order valence-electron chi connectivity index (χ2n) is 8.61. The average Bonchev–Trinajstić information content (AvgIpc) is 2.79. The van der Waals surface area contributed by atoms with Crippen molar-refractivity contribution in [2.45, 2.75) is 51.1 Å². The Morgan fingerprint density at radius 3 is 2.25 bits per heavy atom. The van der Waals surface area contributed by atoms with E-state index in [2.05, 4.69) is 15.9 Å². The van der Waals surface area contributed by atoms with Crippen molar-refractivity contribution in [2.75, 3.05) is 26.4 Å². The van der Waals surface area contributed by atoms with Gasteiger partial charge in [0.15, 0.2) is 5.79 Å². The molecule has 10 heteroatoms. The summed E-state index contributed by atoms with van der Waals surface area (Å²) in [6.07, 6.45) is -0.244. The first-order chi connectivity index (χ1) is 16.4. The molecular formula is C26H32BrF3NO4Y-. The van der Waals surface area contributed by atoms with E-state index in [1.54, 1.807) is 26.8 Å². The van der Waals surface area contributed by atoms with Crippen LogP contribution in [0.2, 0.25) is 0 Å². The van der Waals surface area contributed by atoms with Crippen LogP contribution in [0.3, 0.4) is 0 Å². The van der Waals surface area contributed by atoms with Crippen LogP contribution in [0.1, 0.15) is 43.9 Å². The number of aliphatic hydroxyl groups is 1. The molecule has 0 aliphatic carbocycles. The van der Waals surface area contributed by atoms with E-state index in [0.717, 1.165) is 16.1 Å². The number of hydrogen-bond donors (Lipinski definition) is 1. The maximum Gasteiger partial charge on any atom is 0.419 e. The second kappa shape index (κ2) is 15.0. The van der Waals surface area contributed by atoms with Crippen molar-refractivity contribution in [2.24, 2.45) is 0 Å². The molecular weight excluding hydrogens is 616 g/mol. The average molecular weight is 648 g/mol. The zero-order valence-electron chi connectivity index (χ0n) is 20.7. The Hall–Kier alpha value is -0.806. The number of rotatable bonds is 7. The van der Waals surface area contributed by atoms with Crippen molar-refractivity contribution in [3.05, 3.63) is 75.4 Å². The number of halogens is 4. The van der Waals surface area contributed by atoms with Gasteiger partial charge in [0.05, 0.1) is 12.2 Å². The first-order valence-electron chi connectivity index (χ1n) is 11.3. The van der Waals surface area contributed by atoms with Crippen LogP contribution in [0.5, 0.6) is 5.75 Å². The molecule has 2 aromatic rings. The van der Waals surface area contributed by atoms with Crippen LogP contribution in [-0.4, -0.2) is 42.9 Å². The molecule has 0 atom stereocenters. The summed E-state index contributed by atoms with van der Waals surface area (Å²) >= 11 is 3.37. The monoisotopic (exact) mass is 647 g/mol. The molecule has 1 aliphatic rings. The van der Waals surface area contributed by atoms with Gasteiger partial charge in [-0.25, -0.2) is 0 Å².